The summed E-state index contributed by atoms with van der Waals surface area (Å²) >= 11 is 0. The number of aromatic nitrogens is 2. The van der Waals surface area contributed by atoms with Gasteiger partial charge in [0.05, 0.1) is 11.0 Å². The standard InChI is InChI=1S/C14H21N3/c1-9(2)11(15)8-13-16-12-7-5-6-10(3)14(12)17(13)4/h5-7,9,11H,8,15H2,1-4H3. The minimum Gasteiger partial charge on any atom is -0.331 e. The Balaban J connectivity index is 2.43. The highest BCUT2D eigenvalue weighted by Gasteiger charge is 2.14. The zero-order chi connectivity index (χ0) is 12.6. The number of nitrogens with zero attached hydrogens (tertiary/aromatic N) is 2. The highest BCUT2D eigenvalue weighted by molar-refractivity contribution is 5.79. The first kappa shape index (κ1) is 12.1. The van der Waals surface area contributed by atoms with Crippen molar-refractivity contribution in [3.8, 4) is 0 Å². The molecule has 0 fully saturated rings. The molecule has 0 saturated heterocycles. The summed E-state index contributed by atoms with van der Waals surface area (Å²) in [4.78, 5) is 4.68. The van der Waals surface area contributed by atoms with Gasteiger partial charge in [-0.15, -0.1) is 0 Å². The van der Waals surface area contributed by atoms with Gasteiger partial charge < -0.3 is 10.3 Å². The number of imidazole rings is 1. The average molecular weight is 231 g/mol. The Bertz CT molecular complexity index is 525. The summed E-state index contributed by atoms with van der Waals surface area (Å²) in [5, 5.41) is 0. The quantitative estimate of drug-likeness (QED) is 0.881. The molecule has 1 aromatic heterocycles. The maximum atomic E-state index is 6.12. The fourth-order valence-electron chi connectivity index (χ4n) is 2.14. The van der Waals surface area contributed by atoms with Crippen molar-refractivity contribution in [1.82, 2.24) is 9.55 Å². The number of fused-ring (bicyclic) bond motifs is 1. The van der Waals surface area contributed by atoms with Gasteiger partial charge in [0.1, 0.15) is 5.82 Å². The van der Waals surface area contributed by atoms with Crippen LogP contribution in [0.4, 0.5) is 0 Å². The molecule has 2 aromatic rings. The van der Waals surface area contributed by atoms with Crippen LogP contribution in [-0.4, -0.2) is 15.6 Å². The Morgan fingerprint density at radius 3 is 2.65 bits per heavy atom. The lowest BCUT2D eigenvalue weighted by atomic mass is 10.0. The van der Waals surface area contributed by atoms with Gasteiger partial charge in [-0.25, -0.2) is 4.98 Å². The van der Waals surface area contributed by atoms with E-state index in [9.17, 15) is 0 Å². The molecular formula is C14H21N3. The molecule has 1 heterocycles. The van der Waals surface area contributed by atoms with Gasteiger partial charge in [-0.1, -0.05) is 26.0 Å². The second kappa shape index (κ2) is 4.49. The third kappa shape index (κ3) is 2.20. The predicted octanol–water partition coefficient (Wildman–Crippen LogP) is 2.41. The third-order valence-corrected chi connectivity index (χ3v) is 3.46. The van der Waals surface area contributed by atoms with Crippen LogP contribution in [0.15, 0.2) is 18.2 Å². The number of aryl methyl sites for hydroxylation is 2. The van der Waals surface area contributed by atoms with Crippen molar-refractivity contribution in [2.45, 2.75) is 33.2 Å². The van der Waals surface area contributed by atoms with Gasteiger partial charge in [0.15, 0.2) is 0 Å². The van der Waals surface area contributed by atoms with Crippen molar-refractivity contribution < 1.29 is 0 Å². The molecule has 17 heavy (non-hydrogen) atoms. The van der Waals surface area contributed by atoms with Crippen molar-refractivity contribution in [3.05, 3.63) is 29.6 Å². The monoisotopic (exact) mass is 231 g/mol. The molecule has 2 N–H and O–H groups in total. The SMILES string of the molecule is Cc1cccc2nc(CC(N)C(C)C)n(C)c12. The van der Waals surface area contributed by atoms with E-state index in [0.29, 0.717) is 5.92 Å². The van der Waals surface area contributed by atoms with Crippen molar-refractivity contribution in [3.63, 3.8) is 0 Å². The Kier molecular flexibility index (Phi) is 3.20. The Morgan fingerprint density at radius 1 is 1.35 bits per heavy atom. The lowest BCUT2D eigenvalue weighted by molar-refractivity contribution is 0.477. The molecule has 3 heteroatoms. The van der Waals surface area contributed by atoms with Crippen LogP contribution in [0.3, 0.4) is 0 Å². The van der Waals surface area contributed by atoms with Gasteiger partial charge in [0.25, 0.3) is 0 Å². The predicted molar refractivity (Wildman–Crippen MR) is 72.0 cm³/mol. The number of para-hydroxylation sites is 1. The zero-order valence-electron chi connectivity index (χ0n) is 11.1. The lowest BCUT2D eigenvalue weighted by Crippen LogP contribution is -2.29. The maximum absolute atomic E-state index is 6.12. The fourth-order valence-corrected chi connectivity index (χ4v) is 2.14. The Hall–Kier alpha value is -1.35. The minimum absolute atomic E-state index is 0.172. The maximum Gasteiger partial charge on any atom is 0.111 e. The van der Waals surface area contributed by atoms with Crippen LogP contribution in [0.1, 0.15) is 25.2 Å². The molecule has 0 aliphatic carbocycles. The Morgan fingerprint density at radius 2 is 2.06 bits per heavy atom. The smallest absolute Gasteiger partial charge is 0.111 e. The highest BCUT2D eigenvalue weighted by atomic mass is 15.1. The summed E-state index contributed by atoms with van der Waals surface area (Å²) in [7, 11) is 2.07. The van der Waals surface area contributed by atoms with Crippen molar-refractivity contribution in [1.29, 1.82) is 0 Å². The van der Waals surface area contributed by atoms with Gasteiger partial charge in [-0.2, -0.15) is 0 Å². The van der Waals surface area contributed by atoms with E-state index in [2.05, 4.69) is 55.6 Å². The van der Waals surface area contributed by atoms with Crippen LogP contribution < -0.4 is 5.73 Å². The molecule has 1 unspecified atom stereocenters. The van der Waals surface area contributed by atoms with E-state index in [4.69, 9.17) is 5.73 Å². The van der Waals surface area contributed by atoms with Crippen molar-refractivity contribution in [2.75, 3.05) is 0 Å². The van der Waals surface area contributed by atoms with E-state index in [-0.39, 0.29) is 6.04 Å². The number of rotatable bonds is 3. The van der Waals surface area contributed by atoms with Crippen LogP contribution in [0, 0.1) is 12.8 Å². The van der Waals surface area contributed by atoms with Gasteiger partial charge in [0.2, 0.25) is 0 Å². The van der Waals surface area contributed by atoms with E-state index >= 15 is 0 Å². The van der Waals surface area contributed by atoms with Gasteiger partial charge in [0, 0.05) is 19.5 Å². The lowest BCUT2D eigenvalue weighted by Gasteiger charge is -2.15. The molecule has 1 aromatic carbocycles. The molecule has 0 aliphatic heterocycles. The second-order valence-electron chi connectivity index (χ2n) is 5.14. The molecule has 0 spiro atoms. The molecule has 1 atom stereocenters. The molecule has 2 rings (SSSR count). The molecule has 0 radical (unpaired) electrons. The van der Waals surface area contributed by atoms with E-state index < -0.39 is 0 Å². The van der Waals surface area contributed by atoms with Gasteiger partial charge in [-0.05, 0) is 24.5 Å². The largest absolute Gasteiger partial charge is 0.331 e. The number of hydrogen-bond acceptors (Lipinski definition) is 2. The van der Waals surface area contributed by atoms with Gasteiger partial charge in [-0.3, -0.25) is 0 Å². The summed E-state index contributed by atoms with van der Waals surface area (Å²) in [5.74, 6) is 1.56. The van der Waals surface area contributed by atoms with E-state index in [1.807, 2.05) is 0 Å². The average Bonchev–Trinajstić information content (AvgIpc) is 2.57. The minimum atomic E-state index is 0.172. The van der Waals surface area contributed by atoms with Crippen LogP contribution in [0.2, 0.25) is 0 Å². The van der Waals surface area contributed by atoms with Gasteiger partial charge >= 0.3 is 0 Å². The first-order valence-electron chi connectivity index (χ1n) is 6.17. The summed E-state index contributed by atoms with van der Waals surface area (Å²) in [6, 6.07) is 6.41. The summed E-state index contributed by atoms with van der Waals surface area (Å²) in [6.07, 6.45) is 0.836. The molecule has 0 saturated carbocycles. The summed E-state index contributed by atoms with van der Waals surface area (Å²) in [6.45, 7) is 6.42. The third-order valence-electron chi connectivity index (χ3n) is 3.46. The van der Waals surface area contributed by atoms with Crippen molar-refractivity contribution in [2.24, 2.45) is 18.7 Å². The first-order chi connectivity index (χ1) is 8.00. The second-order valence-corrected chi connectivity index (χ2v) is 5.14. The Labute approximate surface area is 103 Å². The summed E-state index contributed by atoms with van der Waals surface area (Å²) in [5.41, 5.74) is 9.68. The van der Waals surface area contributed by atoms with Crippen LogP contribution in [0.5, 0.6) is 0 Å². The normalized spacial score (nSPS) is 13.5. The molecule has 92 valence electrons. The zero-order valence-corrected chi connectivity index (χ0v) is 11.1. The van der Waals surface area contributed by atoms with E-state index in [1.165, 1.54) is 11.1 Å². The highest BCUT2D eigenvalue weighted by Crippen LogP contribution is 2.20. The molecular weight excluding hydrogens is 210 g/mol. The fraction of sp³-hybridized carbons (Fsp3) is 0.500. The molecule has 0 amide bonds. The molecule has 3 nitrogen and oxygen atoms in total. The van der Waals surface area contributed by atoms with Crippen LogP contribution >= 0.6 is 0 Å². The topological polar surface area (TPSA) is 43.8 Å². The van der Waals surface area contributed by atoms with E-state index in [0.717, 1.165) is 17.8 Å². The first-order valence-corrected chi connectivity index (χ1v) is 6.17. The molecule has 0 aliphatic rings. The molecule has 0 bridgehead atoms. The number of nitrogens with two attached hydrogens (primary N) is 1. The van der Waals surface area contributed by atoms with E-state index in [1.54, 1.807) is 0 Å². The number of benzene rings is 1. The van der Waals surface area contributed by atoms with Crippen LogP contribution in [0.25, 0.3) is 11.0 Å². The van der Waals surface area contributed by atoms with Crippen LogP contribution in [-0.2, 0) is 13.5 Å². The van der Waals surface area contributed by atoms with Crippen molar-refractivity contribution >= 4 is 11.0 Å². The number of hydrogen-bond donors (Lipinski definition) is 1. The summed E-state index contributed by atoms with van der Waals surface area (Å²) < 4.78 is 2.17.